The van der Waals surface area contributed by atoms with E-state index in [9.17, 15) is 19.1 Å². The van der Waals surface area contributed by atoms with E-state index >= 15 is 0 Å². The van der Waals surface area contributed by atoms with Gasteiger partial charge < -0.3 is 14.8 Å². The average Bonchev–Trinajstić information content (AvgIpc) is 3.37. The number of hydrogen-bond donors (Lipinski definition) is 2. The molecule has 0 fully saturated rings. The highest BCUT2D eigenvalue weighted by atomic mass is 79.9. The monoisotopic (exact) mass is 522 g/mol. The van der Waals surface area contributed by atoms with E-state index in [2.05, 4.69) is 26.2 Å². The van der Waals surface area contributed by atoms with Crippen LogP contribution in [0.2, 0.25) is 0 Å². The number of nitrogens with zero attached hydrogens (tertiary/aromatic N) is 1. The summed E-state index contributed by atoms with van der Waals surface area (Å²) in [6.45, 7) is 4.00. The van der Waals surface area contributed by atoms with Crippen LogP contribution in [-0.4, -0.2) is 29.4 Å². The van der Waals surface area contributed by atoms with Crippen molar-refractivity contribution in [2.24, 2.45) is 0 Å². The summed E-state index contributed by atoms with van der Waals surface area (Å²) in [6.07, 6.45) is 7.43. The van der Waals surface area contributed by atoms with Crippen LogP contribution in [0.15, 0.2) is 44.6 Å². The quantitative estimate of drug-likeness (QED) is 0.353. The molecule has 1 aliphatic carbocycles. The van der Waals surface area contributed by atoms with Gasteiger partial charge in [-0.05, 0) is 41.5 Å². The molecule has 0 amide bonds. The Kier molecular flexibility index (Phi) is 9.80. The van der Waals surface area contributed by atoms with Crippen molar-refractivity contribution >= 4 is 61.2 Å². The smallest absolute Gasteiger partial charge is 0.339 e. The highest BCUT2D eigenvalue weighted by Crippen LogP contribution is 2.36. The summed E-state index contributed by atoms with van der Waals surface area (Å²) in [6, 6.07) is 4.31. The lowest BCUT2D eigenvalue weighted by Gasteiger charge is -2.06. The molecule has 6 nitrogen and oxygen atoms in total. The molecule has 9 heteroatoms. The molecule has 2 aromatic heterocycles. The summed E-state index contributed by atoms with van der Waals surface area (Å²) < 4.78 is 18.9. The number of fused-ring (bicyclic) bond motifs is 1. The number of allylic oxidation sites excluding steroid dienone is 4. The molecule has 2 heterocycles. The molecule has 0 radical (unpaired) electrons. The van der Waals surface area contributed by atoms with E-state index in [0.29, 0.717) is 16.9 Å². The fourth-order valence-corrected chi connectivity index (χ4v) is 4.35. The van der Waals surface area contributed by atoms with E-state index in [1.807, 2.05) is 31.4 Å². The molecule has 1 aliphatic rings. The molecule has 0 aliphatic heterocycles. The van der Waals surface area contributed by atoms with Gasteiger partial charge in [0.25, 0.3) is 5.89 Å². The number of aldehydes is 1. The summed E-state index contributed by atoms with van der Waals surface area (Å²) in [5.74, 6) is -1.46. The van der Waals surface area contributed by atoms with Gasteiger partial charge in [-0.1, -0.05) is 48.0 Å². The first-order valence-electron chi connectivity index (χ1n) is 10.0. The molecule has 170 valence electrons. The van der Waals surface area contributed by atoms with Gasteiger partial charge in [-0.25, -0.2) is 14.2 Å². The number of carbonyl (C=O) groups excluding carboxylic acids is 1. The lowest BCUT2D eigenvalue weighted by Crippen LogP contribution is -2.02. The van der Waals surface area contributed by atoms with Gasteiger partial charge in [0, 0.05) is 18.0 Å². The predicted molar refractivity (Wildman–Crippen MR) is 130 cm³/mol. The van der Waals surface area contributed by atoms with E-state index < -0.39 is 11.8 Å². The second-order valence-corrected chi connectivity index (χ2v) is 8.22. The Morgan fingerprint density at radius 3 is 2.69 bits per heavy atom. The molecule has 0 unspecified atom stereocenters. The third kappa shape index (κ3) is 6.14. The number of para-hydroxylation sites is 1. The van der Waals surface area contributed by atoms with Gasteiger partial charge in [0.2, 0.25) is 6.29 Å². The molecule has 0 saturated heterocycles. The zero-order chi connectivity index (χ0) is 23.7. The van der Waals surface area contributed by atoms with Crippen LogP contribution in [0.25, 0.3) is 16.7 Å². The number of carboxylic acid groups (broad SMARTS) is 1. The van der Waals surface area contributed by atoms with Crippen molar-refractivity contribution in [2.75, 3.05) is 12.4 Å². The van der Waals surface area contributed by atoms with Gasteiger partial charge in [-0.3, -0.25) is 4.79 Å². The largest absolute Gasteiger partial charge is 0.478 e. The number of benzene rings is 1. The van der Waals surface area contributed by atoms with E-state index in [1.165, 1.54) is 28.0 Å². The molecular weight excluding hydrogens is 499 g/mol. The second kappa shape index (κ2) is 12.3. The third-order valence-electron chi connectivity index (χ3n) is 4.39. The van der Waals surface area contributed by atoms with E-state index in [4.69, 9.17) is 4.42 Å². The van der Waals surface area contributed by atoms with Gasteiger partial charge in [-0.15, -0.1) is 11.3 Å². The number of halogens is 2. The summed E-state index contributed by atoms with van der Waals surface area (Å²) in [5.41, 5.74) is 2.71. The zero-order valence-corrected chi connectivity index (χ0v) is 20.3. The number of thiophene rings is 1. The molecule has 32 heavy (non-hydrogen) atoms. The molecule has 0 saturated carbocycles. The van der Waals surface area contributed by atoms with Gasteiger partial charge in [0.05, 0.1) is 0 Å². The lowest BCUT2D eigenvalue weighted by molar-refractivity contribution is 0.0698. The Morgan fingerprint density at radius 1 is 1.31 bits per heavy atom. The first kappa shape index (κ1) is 25.5. The SMILES string of the molecule is CC.CNc1scc(C2=CC=C(Br)CCC2)c1C(=O)O.O=Cc1nc2c(F)cccc2o1. The lowest BCUT2D eigenvalue weighted by atomic mass is 10.00. The second-order valence-electron chi connectivity index (χ2n) is 6.32. The minimum Gasteiger partial charge on any atom is -0.478 e. The first-order chi connectivity index (χ1) is 15.4. The van der Waals surface area contributed by atoms with Crippen molar-refractivity contribution in [3.05, 3.63) is 63.0 Å². The molecule has 0 bridgehead atoms. The van der Waals surface area contributed by atoms with Gasteiger partial charge in [0.1, 0.15) is 16.1 Å². The number of nitrogens with one attached hydrogen (secondary N) is 1. The van der Waals surface area contributed by atoms with E-state index in [0.717, 1.165) is 30.4 Å². The minimum atomic E-state index is -0.871. The highest BCUT2D eigenvalue weighted by molar-refractivity contribution is 9.11. The van der Waals surface area contributed by atoms with Crippen molar-refractivity contribution in [1.82, 2.24) is 4.98 Å². The molecule has 3 aromatic rings. The molecular formula is C23H24BrFN2O4S. The summed E-state index contributed by atoms with van der Waals surface area (Å²) in [7, 11) is 1.75. The van der Waals surface area contributed by atoms with Crippen LogP contribution >= 0.6 is 27.3 Å². The first-order valence-corrected chi connectivity index (χ1v) is 11.7. The van der Waals surface area contributed by atoms with Crippen LogP contribution in [0.3, 0.4) is 0 Å². The van der Waals surface area contributed by atoms with Crippen LogP contribution in [-0.2, 0) is 0 Å². The maximum absolute atomic E-state index is 12.9. The summed E-state index contributed by atoms with van der Waals surface area (Å²) >= 11 is 4.94. The average molecular weight is 523 g/mol. The van der Waals surface area contributed by atoms with Crippen molar-refractivity contribution < 1.29 is 23.5 Å². The van der Waals surface area contributed by atoms with Gasteiger partial charge >= 0.3 is 5.97 Å². The highest BCUT2D eigenvalue weighted by Gasteiger charge is 2.20. The molecule has 1 aromatic carbocycles. The fraction of sp³-hybridized carbons (Fsp3) is 0.261. The van der Waals surface area contributed by atoms with Crippen LogP contribution in [0, 0.1) is 5.82 Å². The number of aromatic carboxylic acids is 1. The molecule has 2 N–H and O–H groups in total. The number of oxazole rings is 1. The molecule has 0 spiro atoms. The van der Waals surface area contributed by atoms with Gasteiger partial charge in [-0.2, -0.15) is 0 Å². The number of hydrogen-bond acceptors (Lipinski definition) is 6. The fourth-order valence-electron chi connectivity index (χ4n) is 3.00. The summed E-state index contributed by atoms with van der Waals surface area (Å²) in [5, 5.41) is 14.9. The molecule has 0 atom stereocenters. The van der Waals surface area contributed by atoms with Crippen LogP contribution < -0.4 is 5.32 Å². The van der Waals surface area contributed by atoms with Crippen LogP contribution in [0.1, 0.15) is 59.7 Å². The Bertz CT molecular complexity index is 1150. The number of rotatable bonds is 4. The maximum atomic E-state index is 12.9. The Morgan fingerprint density at radius 2 is 2.06 bits per heavy atom. The third-order valence-corrected chi connectivity index (χ3v) is 6.05. The molecule has 4 rings (SSSR count). The van der Waals surface area contributed by atoms with Crippen LogP contribution in [0.5, 0.6) is 0 Å². The Hall–Kier alpha value is -2.78. The topological polar surface area (TPSA) is 92.4 Å². The number of carbonyl (C=O) groups is 2. The number of anilines is 1. The van der Waals surface area contributed by atoms with Crippen LogP contribution in [0.4, 0.5) is 9.39 Å². The van der Waals surface area contributed by atoms with Crippen molar-refractivity contribution in [1.29, 1.82) is 0 Å². The normalized spacial score (nSPS) is 12.9. The van der Waals surface area contributed by atoms with Gasteiger partial charge in [0.15, 0.2) is 11.4 Å². The predicted octanol–water partition coefficient (Wildman–Crippen LogP) is 7.14. The minimum absolute atomic E-state index is 0.0969. The summed E-state index contributed by atoms with van der Waals surface area (Å²) in [4.78, 5) is 25.2. The number of aromatic nitrogens is 1. The Balaban J connectivity index is 0.000000224. The Labute approximate surface area is 198 Å². The maximum Gasteiger partial charge on any atom is 0.339 e. The van der Waals surface area contributed by atoms with E-state index in [-0.39, 0.29) is 17.0 Å². The van der Waals surface area contributed by atoms with E-state index in [1.54, 1.807) is 13.1 Å². The van der Waals surface area contributed by atoms with Crippen molar-refractivity contribution in [3.63, 3.8) is 0 Å². The number of carboxylic acids is 1. The zero-order valence-electron chi connectivity index (χ0n) is 17.9. The van der Waals surface area contributed by atoms with Crippen molar-refractivity contribution in [3.8, 4) is 0 Å². The standard InChI is InChI=1S/C13H14BrNO2S.C8H4FNO2.C2H6/c1-15-12-11(13(16)17)10(7-18-12)8-3-2-4-9(14)6-5-8;9-5-2-1-3-6-8(5)10-7(4-11)12-6;1-2/h5-7,15H,2-4H2,1H3,(H,16,17);1-4H;1-2H3. The van der Waals surface area contributed by atoms with Crippen molar-refractivity contribution in [2.45, 2.75) is 33.1 Å².